The predicted octanol–water partition coefficient (Wildman–Crippen LogP) is 2.14. The van der Waals surface area contributed by atoms with Crippen LogP contribution in [0.4, 0.5) is 0 Å². The number of hydrogen-bond acceptors (Lipinski definition) is 2. The van der Waals surface area contributed by atoms with Gasteiger partial charge in [-0.15, -0.1) is 0 Å². The molecule has 0 aromatic carbocycles. The summed E-state index contributed by atoms with van der Waals surface area (Å²) in [6.07, 6.45) is 7.20. The highest BCUT2D eigenvalue weighted by Crippen LogP contribution is 2.32. The van der Waals surface area contributed by atoms with Gasteiger partial charge in [0, 0.05) is 25.7 Å². The summed E-state index contributed by atoms with van der Waals surface area (Å²) in [4.78, 5) is 16.1. The molecule has 0 saturated carbocycles. The minimum atomic E-state index is 0.172. The standard InChI is InChI=1S/C14H26N2O/c1-5-14(2)9-7-11-16(12-14)13(17)8-6-10-15(3)4/h6,8H,5,7,9-12H2,1-4H3/b8-6+. The number of carbonyl (C=O) groups excluding carboxylic acids is 1. The van der Waals surface area contributed by atoms with Crippen LogP contribution in [-0.4, -0.2) is 49.4 Å². The first-order chi connectivity index (χ1) is 7.97. The van der Waals surface area contributed by atoms with Gasteiger partial charge in [-0.25, -0.2) is 0 Å². The summed E-state index contributed by atoms with van der Waals surface area (Å²) < 4.78 is 0. The maximum absolute atomic E-state index is 12.0. The van der Waals surface area contributed by atoms with Gasteiger partial charge in [-0.2, -0.15) is 0 Å². The maximum atomic E-state index is 12.0. The summed E-state index contributed by atoms with van der Waals surface area (Å²) >= 11 is 0. The van der Waals surface area contributed by atoms with Crippen LogP contribution in [0.5, 0.6) is 0 Å². The summed E-state index contributed by atoms with van der Waals surface area (Å²) in [5, 5.41) is 0. The molecule has 0 radical (unpaired) electrons. The average Bonchev–Trinajstić information content (AvgIpc) is 2.28. The molecule has 1 fully saturated rings. The second-order valence-corrected chi connectivity index (χ2v) is 5.69. The molecule has 0 bridgehead atoms. The molecule has 1 heterocycles. The fraction of sp³-hybridized carbons (Fsp3) is 0.786. The van der Waals surface area contributed by atoms with Crippen LogP contribution in [0.25, 0.3) is 0 Å². The van der Waals surface area contributed by atoms with Gasteiger partial charge in [-0.3, -0.25) is 4.79 Å². The second-order valence-electron chi connectivity index (χ2n) is 5.69. The molecular weight excluding hydrogens is 212 g/mol. The number of rotatable bonds is 4. The average molecular weight is 238 g/mol. The Kier molecular flexibility index (Phi) is 5.19. The Morgan fingerprint density at radius 3 is 2.76 bits per heavy atom. The van der Waals surface area contributed by atoms with Gasteiger partial charge >= 0.3 is 0 Å². The number of nitrogens with zero attached hydrogens (tertiary/aromatic N) is 2. The predicted molar refractivity (Wildman–Crippen MR) is 71.9 cm³/mol. The minimum absolute atomic E-state index is 0.172. The van der Waals surface area contributed by atoms with Crippen molar-refractivity contribution in [3.05, 3.63) is 12.2 Å². The van der Waals surface area contributed by atoms with Gasteiger partial charge < -0.3 is 9.80 Å². The summed E-state index contributed by atoms with van der Waals surface area (Å²) in [6, 6.07) is 0. The number of likely N-dealkylation sites (tertiary alicyclic amines) is 1. The number of carbonyl (C=O) groups is 1. The third-order valence-corrected chi connectivity index (χ3v) is 3.68. The molecule has 1 saturated heterocycles. The van der Waals surface area contributed by atoms with Gasteiger partial charge in [0.15, 0.2) is 0 Å². The van der Waals surface area contributed by atoms with Crippen molar-refractivity contribution in [2.45, 2.75) is 33.1 Å². The van der Waals surface area contributed by atoms with Crippen LogP contribution in [0, 0.1) is 5.41 Å². The van der Waals surface area contributed by atoms with Crippen LogP contribution < -0.4 is 0 Å². The molecule has 98 valence electrons. The Bertz CT molecular complexity index is 286. The lowest BCUT2D eigenvalue weighted by Gasteiger charge is -2.39. The Hall–Kier alpha value is -0.830. The quantitative estimate of drug-likeness (QED) is 0.701. The van der Waals surface area contributed by atoms with Crippen LogP contribution >= 0.6 is 0 Å². The van der Waals surface area contributed by atoms with E-state index in [-0.39, 0.29) is 5.91 Å². The van der Waals surface area contributed by atoms with E-state index in [9.17, 15) is 4.79 Å². The third kappa shape index (κ3) is 4.50. The molecule has 1 rings (SSSR count). The fourth-order valence-electron chi connectivity index (χ4n) is 2.26. The van der Waals surface area contributed by atoms with Crippen LogP contribution in [0.1, 0.15) is 33.1 Å². The molecule has 1 unspecified atom stereocenters. The highest BCUT2D eigenvalue weighted by molar-refractivity contribution is 5.87. The Balaban J connectivity index is 2.49. The summed E-state index contributed by atoms with van der Waals surface area (Å²) in [5.41, 5.74) is 0.323. The van der Waals surface area contributed by atoms with Crippen LogP contribution in [0.3, 0.4) is 0 Å². The van der Waals surface area contributed by atoms with E-state index in [2.05, 4.69) is 18.7 Å². The SMILES string of the molecule is CCC1(C)CCCN(C(=O)/C=C/CN(C)C)C1. The zero-order chi connectivity index (χ0) is 12.9. The smallest absolute Gasteiger partial charge is 0.246 e. The molecule has 1 aliphatic rings. The molecule has 17 heavy (non-hydrogen) atoms. The molecule has 3 nitrogen and oxygen atoms in total. The highest BCUT2D eigenvalue weighted by Gasteiger charge is 2.30. The van der Waals surface area contributed by atoms with Crippen LogP contribution in [0.15, 0.2) is 12.2 Å². The molecule has 0 aromatic heterocycles. The van der Waals surface area contributed by atoms with E-state index in [1.807, 2.05) is 25.1 Å². The topological polar surface area (TPSA) is 23.6 Å². The van der Waals surface area contributed by atoms with E-state index in [0.717, 1.165) is 32.5 Å². The van der Waals surface area contributed by atoms with Crippen molar-refractivity contribution in [2.75, 3.05) is 33.7 Å². The first kappa shape index (κ1) is 14.2. The van der Waals surface area contributed by atoms with Crippen molar-refractivity contribution < 1.29 is 4.79 Å². The molecule has 3 heteroatoms. The van der Waals surface area contributed by atoms with E-state index < -0.39 is 0 Å². The minimum Gasteiger partial charge on any atom is -0.339 e. The molecule has 1 amide bonds. The van der Waals surface area contributed by atoms with E-state index in [1.165, 1.54) is 6.42 Å². The van der Waals surface area contributed by atoms with Crippen LogP contribution in [0.2, 0.25) is 0 Å². The normalized spacial score (nSPS) is 25.8. The van der Waals surface area contributed by atoms with E-state index in [1.54, 1.807) is 6.08 Å². The van der Waals surface area contributed by atoms with Crippen LogP contribution in [-0.2, 0) is 4.79 Å². The largest absolute Gasteiger partial charge is 0.339 e. The number of hydrogen-bond donors (Lipinski definition) is 0. The highest BCUT2D eigenvalue weighted by atomic mass is 16.2. The van der Waals surface area contributed by atoms with Crippen molar-refractivity contribution in [3.63, 3.8) is 0 Å². The molecule has 1 aliphatic heterocycles. The summed E-state index contributed by atoms with van der Waals surface area (Å²) in [6.45, 7) is 7.16. The number of piperidine rings is 1. The van der Waals surface area contributed by atoms with Gasteiger partial charge in [0.2, 0.25) is 5.91 Å². The van der Waals surface area contributed by atoms with Gasteiger partial charge in [-0.1, -0.05) is 19.9 Å². The molecule has 1 atom stereocenters. The van der Waals surface area contributed by atoms with Gasteiger partial charge in [0.05, 0.1) is 0 Å². The molecule has 0 aliphatic carbocycles. The Morgan fingerprint density at radius 2 is 2.18 bits per heavy atom. The number of amides is 1. The lowest BCUT2D eigenvalue weighted by molar-refractivity contribution is -0.129. The van der Waals surface area contributed by atoms with Crippen molar-refractivity contribution in [2.24, 2.45) is 5.41 Å². The number of likely N-dealkylation sites (N-methyl/N-ethyl adjacent to an activating group) is 1. The third-order valence-electron chi connectivity index (χ3n) is 3.68. The first-order valence-corrected chi connectivity index (χ1v) is 6.57. The van der Waals surface area contributed by atoms with Crippen molar-refractivity contribution >= 4 is 5.91 Å². The van der Waals surface area contributed by atoms with E-state index in [4.69, 9.17) is 0 Å². The van der Waals surface area contributed by atoms with Crippen molar-refractivity contribution in [1.29, 1.82) is 0 Å². The Labute approximate surface area is 105 Å². The maximum Gasteiger partial charge on any atom is 0.246 e. The molecule has 0 spiro atoms. The summed E-state index contributed by atoms with van der Waals surface area (Å²) in [5.74, 6) is 0.172. The molecular formula is C14H26N2O. The fourth-order valence-corrected chi connectivity index (χ4v) is 2.26. The molecule has 0 aromatic rings. The van der Waals surface area contributed by atoms with E-state index in [0.29, 0.717) is 5.41 Å². The monoisotopic (exact) mass is 238 g/mol. The lowest BCUT2D eigenvalue weighted by Crippen LogP contribution is -2.44. The summed E-state index contributed by atoms with van der Waals surface area (Å²) in [7, 11) is 4.01. The van der Waals surface area contributed by atoms with Gasteiger partial charge in [0.25, 0.3) is 0 Å². The zero-order valence-electron chi connectivity index (χ0n) is 11.7. The van der Waals surface area contributed by atoms with Gasteiger partial charge in [-0.05, 0) is 38.8 Å². The Morgan fingerprint density at radius 1 is 1.47 bits per heavy atom. The van der Waals surface area contributed by atoms with Crippen molar-refractivity contribution in [3.8, 4) is 0 Å². The zero-order valence-corrected chi connectivity index (χ0v) is 11.7. The van der Waals surface area contributed by atoms with E-state index >= 15 is 0 Å². The second kappa shape index (κ2) is 6.20. The first-order valence-electron chi connectivity index (χ1n) is 6.57. The lowest BCUT2D eigenvalue weighted by atomic mass is 9.79. The van der Waals surface area contributed by atoms with Crippen molar-refractivity contribution in [1.82, 2.24) is 9.80 Å². The van der Waals surface area contributed by atoms with Gasteiger partial charge in [0.1, 0.15) is 0 Å². The molecule has 0 N–H and O–H groups in total.